The number of aromatic nitrogens is 1. The summed E-state index contributed by atoms with van der Waals surface area (Å²) in [5, 5.41) is 0. The van der Waals surface area contributed by atoms with E-state index in [-0.39, 0.29) is 5.91 Å². The van der Waals surface area contributed by atoms with Crippen LogP contribution in [0.2, 0.25) is 0 Å². The number of hydrogen-bond donors (Lipinski definition) is 1. The Morgan fingerprint density at radius 3 is 2.89 bits per heavy atom. The van der Waals surface area contributed by atoms with Gasteiger partial charge in [-0.05, 0) is 12.5 Å². The van der Waals surface area contributed by atoms with E-state index in [1.165, 1.54) is 0 Å². The molecule has 4 nitrogen and oxygen atoms in total. The molecule has 4 heteroatoms. The molecule has 102 valence electrons. The summed E-state index contributed by atoms with van der Waals surface area (Å²) in [6.07, 6.45) is 6.52. The van der Waals surface area contributed by atoms with E-state index in [2.05, 4.69) is 23.7 Å². The van der Waals surface area contributed by atoms with Crippen LogP contribution in [0.3, 0.4) is 0 Å². The number of amides is 1. The topological polar surface area (TPSA) is 59.2 Å². The molecule has 1 heterocycles. The second-order valence-electron chi connectivity index (χ2n) is 4.40. The van der Waals surface area contributed by atoms with Gasteiger partial charge in [-0.3, -0.25) is 9.78 Å². The molecule has 0 aliphatic heterocycles. The fourth-order valence-corrected chi connectivity index (χ4v) is 1.70. The fraction of sp³-hybridized carbons (Fsp3) is 0.467. The predicted octanol–water partition coefficient (Wildman–Crippen LogP) is 1.65. The molecule has 1 amide bonds. The molecule has 0 atom stereocenters. The molecule has 0 spiro atoms. The van der Waals surface area contributed by atoms with E-state index in [1.54, 1.807) is 23.4 Å². The van der Waals surface area contributed by atoms with Crippen LogP contribution in [0, 0.1) is 11.8 Å². The first-order valence-electron chi connectivity index (χ1n) is 6.58. The molecule has 19 heavy (non-hydrogen) atoms. The third-order valence-electron chi connectivity index (χ3n) is 2.76. The highest BCUT2D eigenvalue weighted by Crippen LogP contribution is 2.06. The first kappa shape index (κ1) is 15.2. The van der Waals surface area contributed by atoms with E-state index < -0.39 is 0 Å². The summed E-state index contributed by atoms with van der Waals surface area (Å²) in [6, 6.07) is 1.76. The lowest BCUT2D eigenvalue weighted by molar-refractivity contribution is 0.0792. The zero-order valence-corrected chi connectivity index (χ0v) is 11.6. The van der Waals surface area contributed by atoms with Crippen molar-refractivity contribution in [2.75, 3.05) is 20.1 Å². The number of carbonyl (C=O) groups is 1. The van der Waals surface area contributed by atoms with Gasteiger partial charge in [-0.2, -0.15) is 0 Å². The lowest BCUT2D eigenvalue weighted by Crippen LogP contribution is -2.27. The first-order valence-corrected chi connectivity index (χ1v) is 6.58. The van der Waals surface area contributed by atoms with E-state index in [9.17, 15) is 4.79 Å². The van der Waals surface area contributed by atoms with Crippen LogP contribution >= 0.6 is 0 Å². The molecule has 0 unspecified atom stereocenters. The van der Waals surface area contributed by atoms with Crippen molar-refractivity contribution in [3.63, 3.8) is 0 Å². The maximum atomic E-state index is 12.2. The number of nitrogens with zero attached hydrogens (tertiary/aromatic N) is 2. The summed E-state index contributed by atoms with van der Waals surface area (Å²) in [5.74, 6) is 5.62. The normalized spacial score (nSPS) is 9.63. The minimum absolute atomic E-state index is 0.0139. The largest absolute Gasteiger partial charge is 0.342 e. The van der Waals surface area contributed by atoms with Gasteiger partial charge < -0.3 is 10.6 Å². The summed E-state index contributed by atoms with van der Waals surface area (Å²) in [4.78, 5) is 18.0. The Morgan fingerprint density at radius 1 is 1.42 bits per heavy atom. The average Bonchev–Trinajstić information content (AvgIpc) is 2.44. The molecule has 1 aromatic rings. The number of carbonyl (C=O) groups excluding carboxylic acids is 1. The Bertz CT molecular complexity index is 474. The maximum Gasteiger partial charge on any atom is 0.255 e. The summed E-state index contributed by atoms with van der Waals surface area (Å²) in [6.45, 7) is 3.21. The molecule has 0 saturated heterocycles. The van der Waals surface area contributed by atoms with Crippen LogP contribution in [0.4, 0.5) is 0 Å². The van der Waals surface area contributed by atoms with Gasteiger partial charge in [0, 0.05) is 31.5 Å². The summed E-state index contributed by atoms with van der Waals surface area (Å²) in [5.41, 5.74) is 6.61. The summed E-state index contributed by atoms with van der Waals surface area (Å²) >= 11 is 0. The average molecular weight is 259 g/mol. The minimum atomic E-state index is -0.0139. The van der Waals surface area contributed by atoms with Gasteiger partial charge in [0.05, 0.1) is 12.1 Å². The zero-order valence-electron chi connectivity index (χ0n) is 11.6. The Labute approximate surface area is 115 Å². The second-order valence-corrected chi connectivity index (χ2v) is 4.40. The molecule has 0 aliphatic rings. The van der Waals surface area contributed by atoms with Crippen molar-refractivity contribution < 1.29 is 4.79 Å². The van der Waals surface area contributed by atoms with Crippen LogP contribution in [0.1, 0.15) is 42.1 Å². The molecule has 0 bridgehead atoms. The molecule has 2 N–H and O–H groups in total. The Kier molecular flexibility index (Phi) is 6.62. The van der Waals surface area contributed by atoms with Gasteiger partial charge >= 0.3 is 0 Å². The second kappa shape index (κ2) is 8.28. The Hall–Kier alpha value is -1.86. The van der Waals surface area contributed by atoms with Gasteiger partial charge in [0.25, 0.3) is 5.91 Å². The van der Waals surface area contributed by atoms with Crippen molar-refractivity contribution in [1.29, 1.82) is 0 Å². The van der Waals surface area contributed by atoms with Crippen molar-refractivity contribution >= 4 is 5.91 Å². The van der Waals surface area contributed by atoms with Crippen molar-refractivity contribution in [2.24, 2.45) is 5.73 Å². The van der Waals surface area contributed by atoms with Crippen LogP contribution in [0.25, 0.3) is 0 Å². The van der Waals surface area contributed by atoms with Crippen molar-refractivity contribution in [3.05, 3.63) is 29.6 Å². The summed E-state index contributed by atoms with van der Waals surface area (Å²) < 4.78 is 0. The molecular weight excluding hydrogens is 238 g/mol. The highest BCUT2D eigenvalue weighted by Gasteiger charge is 2.11. The number of nitrogens with two attached hydrogens (primary N) is 1. The smallest absolute Gasteiger partial charge is 0.255 e. The SMILES string of the molecule is CCCCCN(C)C(=O)c1cncc(C#CCN)c1. The monoisotopic (exact) mass is 259 g/mol. The van der Waals surface area contributed by atoms with E-state index in [0.29, 0.717) is 12.1 Å². The van der Waals surface area contributed by atoms with Crippen molar-refractivity contribution in [2.45, 2.75) is 26.2 Å². The minimum Gasteiger partial charge on any atom is -0.342 e. The number of unbranched alkanes of at least 4 members (excludes halogenated alkanes) is 2. The predicted molar refractivity (Wildman–Crippen MR) is 76.7 cm³/mol. The number of pyridine rings is 1. The zero-order chi connectivity index (χ0) is 14.1. The van der Waals surface area contributed by atoms with Crippen LogP contribution in [0.15, 0.2) is 18.5 Å². The maximum absolute atomic E-state index is 12.2. The van der Waals surface area contributed by atoms with Gasteiger partial charge in [-0.15, -0.1) is 0 Å². The highest BCUT2D eigenvalue weighted by atomic mass is 16.2. The van der Waals surface area contributed by atoms with Gasteiger partial charge in [0.2, 0.25) is 0 Å². The van der Waals surface area contributed by atoms with E-state index >= 15 is 0 Å². The third-order valence-corrected chi connectivity index (χ3v) is 2.76. The highest BCUT2D eigenvalue weighted by molar-refractivity contribution is 5.94. The quantitative estimate of drug-likeness (QED) is 0.646. The van der Waals surface area contributed by atoms with Crippen LogP contribution in [-0.2, 0) is 0 Å². The number of rotatable bonds is 5. The van der Waals surface area contributed by atoms with Crippen LogP contribution in [-0.4, -0.2) is 35.9 Å². The van der Waals surface area contributed by atoms with Gasteiger partial charge in [0.15, 0.2) is 0 Å². The van der Waals surface area contributed by atoms with Gasteiger partial charge in [-0.1, -0.05) is 31.6 Å². The molecule has 0 radical (unpaired) electrons. The first-order chi connectivity index (χ1) is 9.19. The summed E-state index contributed by atoms with van der Waals surface area (Å²) in [7, 11) is 1.82. The Balaban J connectivity index is 2.70. The molecule has 0 aromatic carbocycles. The third kappa shape index (κ3) is 5.11. The molecule has 1 aromatic heterocycles. The van der Waals surface area contributed by atoms with Gasteiger partial charge in [-0.25, -0.2) is 0 Å². The van der Waals surface area contributed by atoms with E-state index in [4.69, 9.17) is 5.73 Å². The fourth-order valence-electron chi connectivity index (χ4n) is 1.70. The lowest BCUT2D eigenvalue weighted by atomic mass is 10.2. The molecule has 0 aliphatic carbocycles. The van der Waals surface area contributed by atoms with E-state index in [0.717, 1.165) is 31.4 Å². The standard InChI is InChI=1S/C15H21N3O/c1-3-4-5-9-18(2)15(19)14-10-13(7-6-8-16)11-17-12-14/h10-12H,3-5,8-9,16H2,1-2H3. The molecule has 0 saturated carbocycles. The number of hydrogen-bond acceptors (Lipinski definition) is 3. The molecule has 0 fully saturated rings. The van der Waals surface area contributed by atoms with Crippen LogP contribution < -0.4 is 5.73 Å². The van der Waals surface area contributed by atoms with Crippen molar-refractivity contribution in [3.8, 4) is 11.8 Å². The van der Waals surface area contributed by atoms with Gasteiger partial charge in [0.1, 0.15) is 0 Å². The molecular formula is C15H21N3O. The lowest BCUT2D eigenvalue weighted by Gasteiger charge is -2.16. The van der Waals surface area contributed by atoms with Crippen LogP contribution in [0.5, 0.6) is 0 Å². The molecule has 1 rings (SSSR count). The van der Waals surface area contributed by atoms with E-state index in [1.807, 2.05) is 7.05 Å². The Morgan fingerprint density at radius 2 is 2.21 bits per heavy atom. The van der Waals surface area contributed by atoms with Crippen molar-refractivity contribution in [1.82, 2.24) is 9.88 Å².